The van der Waals surface area contributed by atoms with E-state index in [-0.39, 0.29) is 0 Å². The van der Waals surface area contributed by atoms with Gasteiger partial charge in [-0.2, -0.15) is 0 Å². The molecule has 0 aromatic carbocycles. The molecule has 1 aliphatic carbocycles. The van der Waals surface area contributed by atoms with Crippen LogP contribution in [-0.2, 0) is 0 Å². The molecule has 0 spiro atoms. The van der Waals surface area contributed by atoms with Gasteiger partial charge in [0.2, 0.25) is 0 Å². The summed E-state index contributed by atoms with van der Waals surface area (Å²) in [5, 5.41) is 0. The first-order valence-electron chi connectivity index (χ1n) is 7.76. The van der Waals surface area contributed by atoms with Crippen LogP contribution < -0.4 is 5.73 Å². The maximum atomic E-state index is 6.17. The largest absolute Gasteiger partial charge is 0.329 e. The third-order valence-electron chi connectivity index (χ3n) is 5.27. The molecule has 0 bridgehead atoms. The number of hydrogen-bond donors (Lipinski definition) is 1. The van der Waals surface area contributed by atoms with Crippen molar-refractivity contribution in [2.24, 2.45) is 11.7 Å². The lowest BCUT2D eigenvalue weighted by Gasteiger charge is -2.47. The van der Waals surface area contributed by atoms with Gasteiger partial charge in [0.25, 0.3) is 0 Å². The van der Waals surface area contributed by atoms with Crippen molar-refractivity contribution >= 4 is 0 Å². The molecule has 100 valence electrons. The Labute approximate surface area is 107 Å². The van der Waals surface area contributed by atoms with Gasteiger partial charge in [-0.1, -0.05) is 26.2 Å². The molecule has 1 aliphatic heterocycles. The van der Waals surface area contributed by atoms with Crippen LogP contribution in [0.3, 0.4) is 0 Å². The molecule has 2 fully saturated rings. The molecule has 2 rings (SSSR count). The van der Waals surface area contributed by atoms with Gasteiger partial charge in [-0.05, 0) is 57.5 Å². The highest BCUT2D eigenvalue weighted by atomic mass is 15.2. The van der Waals surface area contributed by atoms with E-state index in [0.29, 0.717) is 5.54 Å². The van der Waals surface area contributed by atoms with Crippen molar-refractivity contribution in [3.05, 3.63) is 0 Å². The van der Waals surface area contributed by atoms with Gasteiger partial charge in [0.15, 0.2) is 0 Å². The fourth-order valence-corrected chi connectivity index (χ4v) is 3.82. The van der Waals surface area contributed by atoms with E-state index in [0.717, 1.165) is 12.5 Å². The molecule has 1 saturated heterocycles. The fourth-order valence-electron chi connectivity index (χ4n) is 3.82. The van der Waals surface area contributed by atoms with E-state index in [4.69, 9.17) is 5.73 Å². The van der Waals surface area contributed by atoms with Gasteiger partial charge >= 0.3 is 0 Å². The fraction of sp³-hybridized carbons (Fsp3) is 1.00. The van der Waals surface area contributed by atoms with Gasteiger partial charge < -0.3 is 5.73 Å². The van der Waals surface area contributed by atoms with Crippen molar-refractivity contribution in [3.8, 4) is 0 Å². The van der Waals surface area contributed by atoms with Crippen LogP contribution in [0, 0.1) is 5.92 Å². The number of likely N-dealkylation sites (tertiary alicyclic amines) is 1. The predicted octanol–water partition coefficient (Wildman–Crippen LogP) is 3.16. The van der Waals surface area contributed by atoms with Gasteiger partial charge in [0, 0.05) is 12.1 Å². The van der Waals surface area contributed by atoms with Crippen molar-refractivity contribution in [1.29, 1.82) is 0 Å². The second-order valence-corrected chi connectivity index (χ2v) is 6.18. The summed E-state index contributed by atoms with van der Waals surface area (Å²) in [5.41, 5.74) is 6.54. The minimum atomic E-state index is 0.371. The average Bonchev–Trinajstić information content (AvgIpc) is 2.68. The van der Waals surface area contributed by atoms with E-state index in [2.05, 4.69) is 11.8 Å². The van der Waals surface area contributed by atoms with Crippen LogP contribution in [-0.4, -0.2) is 30.1 Å². The lowest BCUT2D eigenvalue weighted by Crippen LogP contribution is -2.56. The van der Waals surface area contributed by atoms with Crippen molar-refractivity contribution in [1.82, 2.24) is 4.90 Å². The Kier molecular flexibility index (Phi) is 4.87. The first-order valence-corrected chi connectivity index (χ1v) is 7.76. The van der Waals surface area contributed by atoms with E-state index < -0.39 is 0 Å². The molecular weight excluding hydrogens is 208 g/mol. The molecule has 0 aromatic rings. The number of nitrogens with two attached hydrogens (primary N) is 1. The minimum Gasteiger partial charge on any atom is -0.329 e. The summed E-state index contributed by atoms with van der Waals surface area (Å²) in [7, 11) is 0. The summed E-state index contributed by atoms with van der Waals surface area (Å²) in [4.78, 5) is 2.76. The Hall–Kier alpha value is -0.0800. The predicted molar refractivity (Wildman–Crippen MR) is 74.1 cm³/mol. The van der Waals surface area contributed by atoms with Crippen molar-refractivity contribution in [2.45, 2.75) is 70.3 Å². The highest BCUT2D eigenvalue weighted by Gasteiger charge is 2.38. The second kappa shape index (κ2) is 6.19. The van der Waals surface area contributed by atoms with Crippen molar-refractivity contribution < 1.29 is 0 Å². The van der Waals surface area contributed by atoms with Crippen molar-refractivity contribution in [3.63, 3.8) is 0 Å². The number of hydrogen-bond acceptors (Lipinski definition) is 2. The van der Waals surface area contributed by atoms with Crippen LogP contribution in [0.2, 0.25) is 0 Å². The van der Waals surface area contributed by atoms with Gasteiger partial charge in [-0.15, -0.1) is 0 Å². The summed E-state index contributed by atoms with van der Waals surface area (Å²) in [5.74, 6) is 0.974. The summed E-state index contributed by atoms with van der Waals surface area (Å²) < 4.78 is 0. The summed E-state index contributed by atoms with van der Waals surface area (Å²) >= 11 is 0. The van der Waals surface area contributed by atoms with Gasteiger partial charge in [0.1, 0.15) is 0 Å². The molecule has 0 unspecified atom stereocenters. The van der Waals surface area contributed by atoms with Crippen LogP contribution in [0.15, 0.2) is 0 Å². The molecule has 0 atom stereocenters. The molecule has 1 saturated carbocycles. The third-order valence-corrected chi connectivity index (χ3v) is 5.27. The number of rotatable bonds is 3. The van der Waals surface area contributed by atoms with Crippen LogP contribution in [0.25, 0.3) is 0 Å². The molecule has 2 aliphatic rings. The normalized spacial score (nSPS) is 36.7. The highest BCUT2D eigenvalue weighted by Crippen LogP contribution is 2.38. The van der Waals surface area contributed by atoms with Gasteiger partial charge in [-0.3, -0.25) is 4.90 Å². The zero-order valence-corrected chi connectivity index (χ0v) is 11.6. The van der Waals surface area contributed by atoms with Crippen LogP contribution in [0.5, 0.6) is 0 Å². The van der Waals surface area contributed by atoms with E-state index in [1.165, 1.54) is 70.9 Å². The lowest BCUT2D eigenvalue weighted by molar-refractivity contribution is 0.0444. The first kappa shape index (κ1) is 13.4. The Morgan fingerprint density at radius 3 is 2.12 bits per heavy atom. The lowest BCUT2D eigenvalue weighted by atomic mass is 9.74. The van der Waals surface area contributed by atoms with Gasteiger partial charge in [-0.25, -0.2) is 0 Å². The molecule has 0 radical (unpaired) electrons. The standard InChI is InChI=1S/C15H30N2/c1-2-14-7-9-15(13-16,10-8-14)17-11-5-3-4-6-12-17/h14H,2-13,16H2,1H3. The number of nitrogens with zero attached hydrogens (tertiary/aromatic N) is 1. The Morgan fingerprint density at radius 1 is 1.06 bits per heavy atom. The molecule has 17 heavy (non-hydrogen) atoms. The average molecular weight is 238 g/mol. The van der Waals surface area contributed by atoms with E-state index in [1.807, 2.05) is 0 Å². The summed E-state index contributed by atoms with van der Waals surface area (Å²) in [6.07, 6.45) is 12.5. The maximum absolute atomic E-state index is 6.17. The molecule has 1 heterocycles. The van der Waals surface area contributed by atoms with E-state index in [9.17, 15) is 0 Å². The molecule has 2 N–H and O–H groups in total. The molecule has 0 aromatic heterocycles. The van der Waals surface area contributed by atoms with Gasteiger partial charge in [0.05, 0.1) is 0 Å². The minimum absolute atomic E-state index is 0.371. The quantitative estimate of drug-likeness (QED) is 0.818. The Morgan fingerprint density at radius 2 is 1.65 bits per heavy atom. The monoisotopic (exact) mass is 238 g/mol. The van der Waals surface area contributed by atoms with Crippen LogP contribution in [0.4, 0.5) is 0 Å². The molecule has 2 heteroatoms. The Bertz CT molecular complexity index is 211. The summed E-state index contributed by atoms with van der Waals surface area (Å²) in [6.45, 7) is 5.82. The highest BCUT2D eigenvalue weighted by molar-refractivity contribution is 4.96. The molecular formula is C15H30N2. The molecule has 0 amide bonds. The van der Waals surface area contributed by atoms with Crippen LogP contribution in [0.1, 0.15) is 64.7 Å². The zero-order valence-electron chi connectivity index (χ0n) is 11.6. The van der Waals surface area contributed by atoms with Crippen LogP contribution >= 0.6 is 0 Å². The maximum Gasteiger partial charge on any atom is 0.0331 e. The SMILES string of the molecule is CCC1CCC(CN)(N2CCCCCC2)CC1. The van der Waals surface area contributed by atoms with E-state index >= 15 is 0 Å². The van der Waals surface area contributed by atoms with E-state index in [1.54, 1.807) is 0 Å². The summed E-state index contributed by atoms with van der Waals surface area (Å²) in [6, 6.07) is 0. The molecule has 2 nitrogen and oxygen atoms in total. The second-order valence-electron chi connectivity index (χ2n) is 6.18. The Balaban J connectivity index is 1.98. The topological polar surface area (TPSA) is 29.3 Å². The third kappa shape index (κ3) is 3.03. The smallest absolute Gasteiger partial charge is 0.0331 e. The zero-order chi connectivity index (χ0) is 12.1. The first-order chi connectivity index (χ1) is 8.30. The van der Waals surface area contributed by atoms with Crippen molar-refractivity contribution in [2.75, 3.05) is 19.6 Å².